The molecule has 1 aromatic carbocycles. The van der Waals surface area contributed by atoms with E-state index in [9.17, 15) is 18.3 Å². The van der Waals surface area contributed by atoms with Crippen LogP contribution < -0.4 is 10.0 Å². The minimum Gasteiger partial charge on any atom is -0.478 e. The molecule has 0 saturated heterocycles. The maximum Gasteiger partial charge on any atom is 0.337 e. The van der Waals surface area contributed by atoms with E-state index in [0.717, 1.165) is 19.3 Å². The molecule has 0 aliphatic rings. The Bertz CT molecular complexity index is 614. The Morgan fingerprint density at radius 1 is 1.27 bits per heavy atom. The zero-order valence-corrected chi connectivity index (χ0v) is 14.0. The molecule has 0 aromatic heterocycles. The first kappa shape index (κ1) is 18.4. The number of hydrogen-bond donors (Lipinski definition) is 3. The van der Waals surface area contributed by atoms with Crippen LogP contribution in [-0.4, -0.2) is 32.1 Å². The van der Waals surface area contributed by atoms with Gasteiger partial charge in [0.25, 0.3) is 0 Å². The van der Waals surface area contributed by atoms with Crippen molar-refractivity contribution in [1.82, 2.24) is 4.72 Å². The number of sulfonamides is 1. The van der Waals surface area contributed by atoms with Crippen LogP contribution >= 0.6 is 0 Å². The first-order valence-electron chi connectivity index (χ1n) is 7.45. The van der Waals surface area contributed by atoms with E-state index < -0.39 is 16.0 Å². The van der Waals surface area contributed by atoms with Crippen LogP contribution in [0.25, 0.3) is 0 Å². The lowest BCUT2D eigenvalue weighted by atomic mass is 10.2. The van der Waals surface area contributed by atoms with Crippen LogP contribution in [0, 0.1) is 0 Å². The molecular formula is C15H24N2O4S. The molecule has 1 rings (SSSR count). The van der Waals surface area contributed by atoms with E-state index in [1.54, 1.807) is 6.92 Å². The summed E-state index contributed by atoms with van der Waals surface area (Å²) in [7, 11) is -3.72. The van der Waals surface area contributed by atoms with E-state index in [4.69, 9.17) is 0 Å². The third-order valence-electron chi connectivity index (χ3n) is 3.18. The van der Waals surface area contributed by atoms with E-state index in [2.05, 4.69) is 10.0 Å². The fraction of sp³-hybridized carbons (Fsp3) is 0.533. The molecule has 0 aliphatic heterocycles. The van der Waals surface area contributed by atoms with E-state index in [1.165, 1.54) is 18.2 Å². The fourth-order valence-corrected chi connectivity index (χ4v) is 3.41. The Balaban J connectivity index is 3.10. The fourth-order valence-electron chi connectivity index (χ4n) is 2.11. The molecule has 6 nitrogen and oxygen atoms in total. The Kier molecular flexibility index (Phi) is 6.83. The molecule has 0 saturated carbocycles. The molecule has 124 valence electrons. The Labute approximate surface area is 132 Å². The normalized spacial score (nSPS) is 12.9. The number of carboxylic acids is 1. The van der Waals surface area contributed by atoms with Crippen LogP contribution in [-0.2, 0) is 10.0 Å². The summed E-state index contributed by atoms with van der Waals surface area (Å²) in [5, 5.41) is 12.3. The number of carboxylic acid groups (broad SMARTS) is 1. The highest BCUT2D eigenvalue weighted by molar-refractivity contribution is 7.89. The number of hydrogen-bond acceptors (Lipinski definition) is 4. The molecule has 0 radical (unpaired) electrons. The van der Waals surface area contributed by atoms with E-state index in [-0.39, 0.29) is 16.5 Å². The maximum absolute atomic E-state index is 12.3. The lowest BCUT2D eigenvalue weighted by Crippen LogP contribution is -2.32. The van der Waals surface area contributed by atoms with Crippen LogP contribution in [0.1, 0.15) is 50.4 Å². The molecule has 0 fully saturated rings. The van der Waals surface area contributed by atoms with E-state index in [1.807, 2.05) is 13.8 Å². The van der Waals surface area contributed by atoms with Gasteiger partial charge in [0, 0.05) is 18.3 Å². The van der Waals surface area contributed by atoms with Gasteiger partial charge in [0.05, 0.1) is 10.5 Å². The van der Waals surface area contributed by atoms with Crippen LogP contribution in [0.3, 0.4) is 0 Å². The van der Waals surface area contributed by atoms with Gasteiger partial charge in [0.15, 0.2) is 0 Å². The second kappa shape index (κ2) is 8.14. The van der Waals surface area contributed by atoms with Crippen molar-refractivity contribution in [2.75, 3.05) is 11.9 Å². The second-order valence-corrected chi connectivity index (χ2v) is 6.96. The lowest BCUT2D eigenvalue weighted by Gasteiger charge is -2.15. The number of aromatic carboxylic acids is 1. The zero-order chi connectivity index (χ0) is 16.8. The van der Waals surface area contributed by atoms with Crippen molar-refractivity contribution < 1.29 is 18.3 Å². The lowest BCUT2D eigenvalue weighted by molar-refractivity contribution is 0.0697. The summed E-state index contributed by atoms with van der Waals surface area (Å²) in [6.07, 6.45) is 2.43. The van der Waals surface area contributed by atoms with Crippen molar-refractivity contribution in [2.45, 2.75) is 51.0 Å². The molecule has 0 unspecified atom stereocenters. The SMILES string of the molecule is CCCNc1ccc(S(=O)(=O)N[C@H](C)CCC)cc1C(=O)O. The Morgan fingerprint density at radius 2 is 1.95 bits per heavy atom. The summed E-state index contributed by atoms with van der Waals surface area (Å²) < 4.78 is 27.1. The monoisotopic (exact) mass is 328 g/mol. The second-order valence-electron chi connectivity index (χ2n) is 5.25. The maximum atomic E-state index is 12.3. The highest BCUT2D eigenvalue weighted by Crippen LogP contribution is 2.21. The summed E-state index contributed by atoms with van der Waals surface area (Å²) >= 11 is 0. The number of nitrogens with one attached hydrogen (secondary N) is 2. The molecule has 0 spiro atoms. The number of anilines is 1. The minimum atomic E-state index is -3.72. The van der Waals surface area contributed by atoms with Gasteiger partial charge in [-0.15, -0.1) is 0 Å². The van der Waals surface area contributed by atoms with Gasteiger partial charge in [-0.2, -0.15) is 0 Å². The van der Waals surface area contributed by atoms with Crippen molar-refractivity contribution >= 4 is 21.7 Å². The first-order valence-corrected chi connectivity index (χ1v) is 8.93. The van der Waals surface area contributed by atoms with Crippen LogP contribution in [0.2, 0.25) is 0 Å². The zero-order valence-electron chi connectivity index (χ0n) is 13.2. The van der Waals surface area contributed by atoms with Gasteiger partial charge >= 0.3 is 5.97 Å². The minimum absolute atomic E-state index is 0.0325. The molecular weight excluding hydrogens is 304 g/mol. The highest BCUT2D eigenvalue weighted by Gasteiger charge is 2.20. The van der Waals surface area contributed by atoms with E-state index >= 15 is 0 Å². The molecule has 0 bridgehead atoms. The summed E-state index contributed by atoms with van der Waals surface area (Å²) in [6.45, 7) is 6.35. The molecule has 1 aromatic rings. The Morgan fingerprint density at radius 3 is 2.50 bits per heavy atom. The van der Waals surface area contributed by atoms with Crippen molar-refractivity contribution in [2.24, 2.45) is 0 Å². The molecule has 22 heavy (non-hydrogen) atoms. The standard InChI is InChI=1S/C15H24N2O4S/c1-4-6-11(3)17-22(20,21)12-7-8-14(16-9-5-2)13(10-12)15(18)19/h7-8,10-11,16-17H,4-6,9H2,1-3H3,(H,18,19)/t11-/m1/s1. The molecule has 1 atom stereocenters. The number of rotatable bonds is 9. The molecule has 0 amide bonds. The van der Waals surface area contributed by atoms with Crippen molar-refractivity contribution in [3.05, 3.63) is 23.8 Å². The quantitative estimate of drug-likeness (QED) is 0.648. The van der Waals surface area contributed by atoms with Gasteiger partial charge in [0.2, 0.25) is 10.0 Å². The summed E-state index contributed by atoms with van der Waals surface area (Å²) in [4.78, 5) is 11.3. The largest absolute Gasteiger partial charge is 0.478 e. The summed E-state index contributed by atoms with van der Waals surface area (Å²) in [6, 6.07) is 3.92. The molecule has 7 heteroatoms. The average molecular weight is 328 g/mol. The van der Waals surface area contributed by atoms with E-state index in [0.29, 0.717) is 12.2 Å². The highest BCUT2D eigenvalue weighted by atomic mass is 32.2. The van der Waals surface area contributed by atoms with Gasteiger partial charge < -0.3 is 10.4 Å². The Hall–Kier alpha value is -1.60. The molecule has 0 aliphatic carbocycles. The van der Waals surface area contributed by atoms with Crippen molar-refractivity contribution in [3.8, 4) is 0 Å². The summed E-state index contributed by atoms with van der Waals surface area (Å²) in [5.41, 5.74) is 0.384. The van der Waals surface area contributed by atoms with Gasteiger partial charge in [0.1, 0.15) is 0 Å². The topological polar surface area (TPSA) is 95.5 Å². The number of carbonyl (C=O) groups is 1. The first-order chi connectivity index (χ1) is 10.3. The third kappa shape index (κ3) is 4.99. The van der Waals surface area contributed by atoms with Crippen molar-refractivity contribution in [1.29, 1.82) is 0 Å². The number of benzene rings is 1. The van der Waals surface area contributed by atoms with Gasteiger partial charge in [-0.1, -0.05) is 20.3 Å². The average Bonchev–Trinajstić information content (AvgIpc) is 2.44. The van der Waals surface area contributed by atoms with Gasteiger partial charge in [-0.25, -0.2) is 17.9 Å². The van der Waals surface area contributed by atoms with Gasteiger partial charge in [-0.05, 0) is 38.0 Å². The summed E-state index contributed by atoms with van der Waals surface area (Å²) in [5.74, 6) is -1.16. The van der Waals surface area contributed by atoms with Gasteiger partial charge in [-0.3, -0.25) is 0 Å². The molecule has 0 heterocycles. The van der Waals surface area contributed by atoms with Crippen LogP contribution in [0.4, 0.5) is 5.69 Å². The van der Waals surface area contributed by atoms with Crippen LogP contribution in [0.15, 0.2) is 23.1 Å². The van der Waals surface area contributed by atoms with Crippen molar-refractivity contribution in [3.63, 3.8) is 0 Å². The third-order valence-corrected chi connectivity index (χ3v) is 4.76. The smallest absolute Gasteiger partial charge is 0.337 e. The van der Waals surface area contributed by atoms with Crippen LogP contribution in [0.5, 0.6) is 0 Å². The predicted molar refractivity (Wildman–Crippen MR) is 86.9 cm³/mol. The predicted octanol–water partition coefficient (Wildman–Crippen LogP) is 2.67. The molecule has 3 N–H and O–H groups in total.